The lowest BCUT2D eigenvalue weighted by Gasteiger charge is -2.38. The number of hydrogen-bond acceptors (Lipinski definition) is 4. The third-order valence-corrected chi connectivity index (χ3v) is 3.89. The molecule has 1 aliphatic heterocycles. The Labute approximate surface area is 126 Å². The van der Waals surface area contributed by atoms with Gasteiger partial charge in [0.2, 0.25) is 5.91 Å². The SMILES string of the molecule is CC(C)NC(=O)[C@H](C)N1CCN(c2ccc(O)cc2)CC1. The van der Waals surface area contributed by atoms with Crippen molar-refractivity contribution >= 4 is 11.6 Å². The van der Waals surface area contributed by atoms with Gasteiger partial charge in [0.1, 0.15) is 5.75 Å². The average molecular weight is 291 g/mol. The summed E-state index contributed by atoms with van der Waals surface area (Å²) in [5.41, 5.74) is 1.12. The molecule has 1 fully saturated rings. The number of anilines is 1. The molecule has 0 aliphatic carbocycles. The van der Waals surface area contributed by atoms with Gasteiger partial charge >= 0.3 is 0 Å². The molecule has 0 aromatic heterocycles. The molecule has 116 valence electrons. The molecule has 0 spiro atoms. The molecule has 5 heteroatoms. The molecule has 1 saturated heterocycles. The van der Waals surface area contributed by atoms with Crippen LogP contribution in [0.25, 0.3) is 0 Å². The van der Waals surface area contributed by atoms with Crippen LogP contribution in [-0.4, -0.2) is 54.2 Å². The summed E-state index contributed by atoms with van der Waals surface area (Å²) in [4.78, 5) is 16.5. The summed E-state index contributed by atoms with van der Waals surface area (Å²) in [5.74, 6) is 0.388. The van der Waals surface area contributed by atoms with E-state index >= 15 is 0 Å². The lowest BCUT2D eigenvalue weighted by molar-refractivity contribution is -0.126. The molecule has 0 bridgehead atoms. The van der Waals surface area contributed by atoms with Crippen LogP contribution in [0.15, 0.2) is 24.3 Å². The maximum atomic E-state index is 12.0. The van der Waals surface area contributed by atoms with E-state index in [2.05, 4.69) is 15.1 Å². The van der Waals surface area contributed by atoms with Crippen LogP contribution in [0.4, 0.5) is 5.69 Å². The second kappa shape index (κ2) is 6.80. The van der Waals surface area contributed by atoms with Crippen LogP contribution in [-0.2, 0) is 4.79 Å². The highest BCUT2D eigenvalue weighted by Crippen LogP contribution is 2.20. The summed E-state index contributed by atoms with van der Waals surface area (Å²) >= 11 is 0. The van der Waals surface area contributed by atoms with E-state index in [0.29, 0.717) is 0 Å². The van der Waals surface area contributed by atoms with Gasteiger partial charge in [0, 0.05) is 37.9 Å². The van der Waals surface area contributed by atoms with Gasteiger partial charge in [-0.3, -0.25) is 9.69 Å². The van der Waals surface area contributed by atoms with Gasteiger partial charge in [0.05, 0.1) is 6.04 Å². The van der Waals surface area contributed by atoms with Crippen molar-refractivity contribution in [3.05, 3.63) is 24.3 Å². The molecular formula is C16H25N3O2. The van der Waals surface area contributed by atoms with Gasteiger partial charge in [-0.15, -0.1) is 0 Å². The lowest BCUT2D eigenvalue weighted by Crippen LogP contribution is -2.54. The first-order chi connectivity index (χ1) is 9.97. The van der Waals surface area contributed by atoms with E-state index in [0.717, 1.165) is 31.9 Å². The third-order valence-electron chi connectivity index (χ3n) is 3.89. The van der Waals surface area contributed by atoms with E-state index in [9.17, 15) is 9.90 Å². The van der Waals surface area contributed by atoms with Crippen LogP contribution >= 0.6 is 0 Å². The van der Waals surface area contributed by atoms with E-state index in [1.165, 1.54) is 0 Å². The molecule has 0 saturated carbocycles. The third kappa shape index (κ3) is 4.11. The largest absolute Gasteiger partial charge is 0.508 e. The number of carbonyl (C=O) groups is 1. The first kappa shape index (κ1) is 15.6. The average Bonchev–Trinajstić information content (AvgIpc) is 2.47. The fourth-order valence-corrected chi connectivity index (χ4v) is 2.60. The molecule has 2 rings (SSSR count). The van der Waals surface area contributed by atoms with E-state index in [4.69, 9.17) is 0 Å². The van der Waals surface area contributed by atoms with Crippen LogP contribution in [0, 0.1) is 0 Å². The second-order valence-corrected chi connectivity index (χ2v) is 5.88. The zero-order valence-electron chi connectivity index (χ0n) is 13.0. The minimum atomic E-state index is -0.0885. The minimum absolute atomic E-state index is 0.0885. The van der Waals surface area contributed by atoms with Crippen molar-refractivity contribution in [2.75, 3.05) is 31.1 Å². The zero-order chi connectivity index (χ0) is 15.4. The van der Waals surface area contributed by atoms with Gasteiger partial charge in [-0.25, -0.2) is 0 Å². The van der Waals surface area contributed by atoms with E-state index in [1.807, 2.05) is 32.9 Å². The molecule has 21 heavy (non-hydrogen) atoms. The Bertz CT molecular complexity index is 465. The molecule has 1 aliphatic rings. The quantitative estimate of drug-likeness (QED) is 0.881. The number of amides is 1. The molecule has 1 amide bonds. The fourth-order valence-electron chi connectivity index (χ4n) is 2.60. The van der Waals surface area contributed by atoms with Crippen LogP contribution in [0.1, 0.15) is 20.8 Å². The Morgan fingerprint density at radius 3 is 2.19 bits per heavy atom. The Hall–Kier alpha value is -1.75. The summed E-state index contributed by atoms with van der Waals surface area (Å²) in [6, 6.07) is 7.37. The maximum absolute atomic E-state index is 12.0. The molecule has 1 aromatic rings. The Balaban J connectivity index is 1.88. The number of nitrogens with zero attached hydrogens (tertiary/aromatic N) is 2. The lowest BCUT2D eigenvalue weighted by atomic mass is 10.2. The molecule has 1 heterocycles. The van der Waals surface area contributed by atoms with Crippen molar-refractivity contribution < 1.29 is 9.90 Å². The molecule has 0 radical (unpaired) electrons. The first-order valence-electron chi connectivity index (χ1n) is 7.56. The van der Waals surface area contributed by atoms with Gasteiger partial charge in [-0.1, -0.05) is 0 Å². The predicted octanol–water partition coefficient (Wildman–Crippen LogP) is 1.43. The van der Waals surface area contributed by atoms with Crippen molar-refractivity contribution in [3.8, 4) is 5.75 Å². The molecule has 0 unspecified atom stereocenters. The number of phenolic OH excluding ortho intramolecular Hbond substituents is 1. The van der Waals surface area contributed by atoms with Crippen molar-refractivity contribution in [2.24, 2.45) is 0 Å². The highest BCUT2D eigenvalue weighted by atomic mass is 16.3. The van der Waals surface area contributed by atoms with Gasteiger partial charge in [0.15, 0.2) is 0 Å². The van der Waals surface area contributed by atoms with Crippen molar-refractivity contribution in [2.45, 2.75) is 32.9 Å². The van der Waals surface area contributed by atoms with Gasteiger partial charge in [-0.05, 0) is 45.0 Å². The predicted molar refractivity (Wildman–Crippen MR) is 84.6 cm³/mol. The summed E-state index contributed by atoms with van der Waals surface area (Å²) in [6.45, 7) is 9.45. The summed E-state index contributed by atoms with van der Waals surface area (Å²) in [6.07, 6.45) is 0. The van der Waals surface area contributed by atoms with Gasteiger partial charge in [0.25, 0.3) is 0 Å². The number of rotatable bonds is 4. The van der Waals surface area contributed by atoms with Gasteiger partial charge < -0.3 is 15.3 Å². The normalized spacial score (nSPS) is 17.8. The summed E-state index contributed by atoms with van der Waals surface area (Å²) in [5, 5.41) is 12.3. The number of nitrogens with one attached hydrogen (secondary N) is 1. The highest BCUT2D eigenvalue weighted by molar-refractivity contribution is 5.81. The smallest absolute Gasteiger partial charge is 0.237 e. The first-order valence-corrected chi connectivity index (χ1v) is 7.56. The van der Waals surface area contributed by atoms with E-state index in [-0.39, 0.29) is 23.7 Å². The number of piperazine rings is 1. The van der Waals surface area contributed by atoms with E-state index in [1.54, 1.807) is 12.1 Å². The number of hydrogen-bond donors (Lipinski definition) is 2. The molecule has 1 atom stereocenters. The zero-order valence-corrected chi connectivity index (χ0v) is 13.0. The summed E-state index contributed by atoms with van der Waals surface area (Å²) in [7, 11) is 0. The van der Waals surface area contributed by atoms with Crippen molar-refractivity contribution in [1.29, 1.82) is 0 Å². The monoisotopic (exact) mass is 291 g/mol. The summed E-state index contributed by atoms with van der Waals surface area (Å²) < 4.78 is 0. The van der Waals surface area contributed by atoms with Crippen molar-refractivity contribution in [3.63, 3.8) is 0 Å². The number of aromatic hydroxyl groups is 1. The Morgan fingerprint density at radius 2 is 1.67 bits per heavy atom. The molecule has 5 nitrogen and oxygen atoms in total. The van der Waals surface area contributed by atoms with E-state index < -0.39 is 0 Å². The van der Waals surface area contributed by atoms with Crippen LogP contribution < -0.4 is 10.2 Å². The van der Waals surface area contributed by atoms with Crippen LogP contribution in [0.5, 0.6) is 5.75 Å². The molecule has 1 aromatic carbocycles. The maximum Gasteiger partial charge on any atom is 0.237 e. The number of phenols is 1. The highest BCUT2D eigenvalue weighted by Gasteiger charge is 2.25. The topological polar surface area (TPSA) is 55.8 Å². The molecule has 2 N–H and O–H groups in total. The van der Waals surface area contributed by atoms with Crippen molar-refractivity contribution in [1.82, 2.24) is 10.2 Å². The second-order valence-electron chi connectivity index (χ2n) is 5.88. The van der Waals surface area contributed by atoms with Crippen LogP contribution in [0.2, 0.25) is 0 Å². The Morgan fingerprint density at radius 1 is 1.10 bits per heavy atom. The standard InChI is InChI=1S/C16H25N3O2/c1-12(2)17-16(21)13(3)18-8-10-19(11-9-18)14-4-6-15(20)7-5-14/h4-7,12-13,20H,8-11H2,1-3H3,(H,17,21)/t13-/m0/s1. The fraction of sp³-hybridized carbons (Fsp3) is 0.562. The Kier molecular flexibility index (Phi) is 5.07. The molecular weight excluding hydrogens is 266 g/mol. The number of benzene rings is 1. The van der Waals surface area contributed by atoms with Gasteiger partial charge in [-0.2, -0.15) is 0 Å². The van der Waals surface area contributed by atoms with Crippen LogP contribution in [0.3, 0.4) is 0 Å². The minimum Gasteiger partial charge on any atom is -0.508 e. The number of carbonyl (C=O) groups excluding carboxylic acids is 1.